The first kappa shape index (κ1) is 18.1. The van der Waals surface area contributed by atoms with Gasteiger partial charge in [0.1, 0.15) is 0 Å². The number of hydrogen-bond acceptors (Lipinski definition) is 5. The second-order valence-corrected chi connectivity index (χ2v) is 9.57. The van der Waals surface area contributed by atoms with E-state index in [0.29, 0.717) is 16.2 Å². The molecule has 0 radical (unpaired) electrons. The van der Waals surface area contributed by atoms with Crippen LogP contribution in [0.5, 0.6) is 0 Å². The van der Waals surface area contributed by atoms with Gasteiger partial charge in [-0.3, -0.25) is 9.52 Å². The van der Waals surface area contributed by atoms with E-state index in [0.717, 1.165) is 14.7 Å². The Morgan fingerprint density at radius 1 is 1.15 bits per heavy atom. The third kappa shape index (κ3) is 3.05. The minimum absolute atomic E-state index is 0.174. The zero-order valence-electron chi connectivity index (χ0n) is 14.4. The van der Waals surface area contributed by atoms with E-state index >= 15 is 0 Å². The van der Waals surface area contributed by atoms with Crippen LogP contribution >= 0.6 is 27.3 Å². The zero-order chi connectivity index (χ0) is 19.3. The molecule has 2 aromatic carbocycles. The molecule has 0 amide bonds. The van der Waals surface area contributed by atoms with Crippen molar-refractivity contribution in [3.8, 4) is 0 Å². The number of thiazole rings is 1. The van der Waals surface area contributed by atoms with Gasteiger partial charge in [0.15, 0.2) is 9.86 Å². The van der Waals surface area contributed by atoms with Gasteiger partial charge in [-0.2, -0.15) is 0 Å². The number of sulfonamides is 1. The van der Waals surface area contributed by atoms with Crippen LogP contribution in [0.2, 0.25) is 0 Å². The van der Waals surface area contributed by atoms with Crippen molar-refractivity contribution in [1.29, 1.82) is 0 Å². The second-order valence-electron chi connectivity index (χ2n) is 6.09. The highest BCUT2D eigenvalue weighted by molar-refractivity contribution is 9.10. The number of para-hydroxylation sites is 1. The number of benzene rings is 2. The van der Waals surface area contributed by atoms with Gasteiger partial charge in [0.05, 0.1) is 15.9 Å². The van der Waals surface area contributed by atoms with E-state index in [1.807, 2.05) is 19.1 Å². The summed E-state index contributed by atoms with van der Waals surface area (Å²) in [5.74, 6) is 0. The van der Waals surface area contributed by atoms with E-state index in [-0.39, 0.29) is 10.6 Å². The summed E-state index contributed by atoms with van der Waals surface area (Å²) in [6.07, 6.45) is 0. The standard InChI is InChI=1S/C18H14BrN3O3S2/c1-10-9-12(7-8-13(10)19)21-27(24,25)16-11(2)20-18-22(17(16)23)14-5-3-4-6-15(14)26-18/h3-9,21H,1-2H3. The molecule has 138 valence electrons. The second kappa shape index (κ2) is 6.43. The van der Waals surface area contributed by atoms with Gasteiger partial charge >= 0.3 is 0 Å². The highest BCUT2D eigenvalue weighted by Gasteiger charge is 2.25. The first-order valence-electron chi connectivity index (χ1n) is 7.98. The number of hydrogen-bond donors (Lipinski definition) is 1. The number of halogens is 1. The maximum absolute atomic E-state index is 13.1. The summed E-state index contributed by atoms with van der Waals surface area (Å²) in [7, 11) is -4.10. The third-order valence-electron chi connectivity index (χ3n) is 4.17. The normalized spacial score (nSPS) is 12.0. The van der Waals surface area contributed by atoms with Crippen LogP contribution in [-0.4, -0.2) is 17.8 Å². The molecule has 0 aliphatic carbocycles. The molecule has 6 nitrogen and oxygen atoms in total. The van der Waals surface area contributed by atoms with E-state index in [1.54, 1.807) is 30.3 Å². The summed E-state index contributed by atoms with van der Waals surface area (Å²) in [6.45, 7) is 3.39. The van der Waals surface area contributed by atoms with Crippen molar-refractivity contribution >= 4 is 58.2 Å². The minimum Gasteiger partial charge on any atom is -0.279 e. The maximum Gasteiger partial charge on any atom is 0.280 e. The first-order chi connectivity index (χ1) is 12.8. The Morgan fingerprint density at radius 2 is 1.89 bits per heavy atom. The molecule has 0 saturated heterocycles. The van der Waals surface area contributed by atoms with E-state index in [9.17, 15) is 13.2 Å². The largest absolute Gasteiger partial charge is 0.280 e. The van der Waals surface area contributed by atoms with E-state index in [4.69, 9.17) is 0 Å². The fourth-order valence-corrected chi connectivity index (χ4v) is 5.52. The Bertz CT molecular complexity index is 1370. The summed E-state index contributed by atoms with van der Waals surface area (Å²) < 4.78 is 31.5. The van der Waals surface area contributed by atoms with Crippen LogP contribution in [0.4, 0.5) is 5.69 Å². The van der Waals surface area contributed by atoms with Gasteiger partial charge in [-0.15, -0.1) is 0 Å². The van der Waals surface area contributed by atoms with Crippen LogP contribution in [0.25, 0.3) is 15.2 Å². The lowest BCUT2D eigenvalue weighted by Gasteiger charge is -2.11. The molecule has 0 unspecified atom stereocenters. The van der Waals surface area contributed by atoms with Gasteiger partial charge in [0.2, 0.25) is 0 Å². The van der Waals surface area contributed by atoms with Crippen molar-refractivity contribution in [2.24, 2.45) is 0 Å². The molecule has 4 rings (SSSR count). The zero-order valence-corrected chi connectivity index (χ0v) is 17.6. The van der Waals surface area contributed by atoms with Crippen LogP contribution in [0.1, 0.15) is 11.3 Å². The van der Waals surface area contributed by atoms with E-state index in [1.165, 1.54) is 22.7 Å². The number of aromatic nitrogens is 2. The van der Waals surface area contributed by atoms with Crippen molar-refractivity contribution in [3.63, 3.8) is 0 Å². The van der Waals surface area contributed by atoms with E-state index in [2.05, 4.69) is 25.6 Å². The van der Waals surface area contributed by atoms with Gasteiger partial charge in [0.25, 0.3) is 15.6 Å². The third-order valence-corrected chi connectivity index (χ3v) is 7.59. The Hall–Kier alpha value is -2.23. The quantitative estimate of drug-likeness (QED) is 0.495. The molecule has 0 bridgehead atoms. The van der Waals surface area contributed by atoms with Gasteiger partial charge < -0.3 is 0 Å². The molecule has 0 atom stereocenters. The smallest absolute Gasteiger partial charge is 0.279 e. The molecule has 9 heteroatoms. The van der Waals surface area contributed by atoms with Crippen molar-refractivity contribution in [2.75, 3.05) is 4.72 Å². The molecule has 2 heterocycles. The number of anilines is 1. The summed E-state index contributed by atoms with van der Waals surface area (Å²) in [5.41, 5.74) is 1.48. The lowest BCUT2D eigenvalue weighted by molar-refractivity contribution is 0.598. The SMILES string of the molecule is Cc1cc(NS(=O)(=O)c2c(C)nc3sc4ccccc4n3c2=O)ccc1Br. The summed E-state index contributed by atoms with van der Waals surface area (Å²) >= 11 is 4.73. The summed E-state index contributed by atoms with van der Waals surface area (Å²) in [5, 5.41) is 0. The predicted octanol–water partition coefficient (Wildman–Crippen LogP) is 4.09. The highest BCUT2D eigenvalue weighted by atomic mass is 79.9. The number of nitrogens with zero attached hydrogens (tertiary/aromatic N) is 2. The fraction of sp³-hybridized carbons (Fsp3) is 0.111. The summed E-state index contributed by atoms with van der Waals surface area (Å²) in [6, 6.07) is 12.4. The summed E-state index contributed by atoms with van der Waals surface area (Å²) in [4.78, 5) is 17.6. The van der Waals surface area contributed by atoms with Gasteiger partial charge in [0, 0.05) is 10.2 Å². The van der Waals surface area contributed by atoms with Gasteiger partial charge in [-0.1, -0.05) is 39.4 Å². The van der Waals surface area contributed by atoms with Crippen LogP contribution in [0, 0.1) is 13.8 Å². The molecule has 4 aromatic rings. The average molecular weight is 464 g/mol. The molecule has 0 spiro atoms. The van der Waals surface area contributed by atoms with Crippen LogP contribution < -0.4 is 10.3 Å². The minimum atomic E-state index is -4.10. The number of aryl methyl sites for hydroxylation is 2. The Morgan fingerprint density at radius 3 is 2.63 bits per heavy atom. The van der Waals surface area contributed by atoms with Crippen molar-refractivity contribution < 1.29 is 8.42 Å². The number of fused-ring (bicyclic) bond motifs is 3. The Labute approximate surface area is 167 Å². The average Bonchev–Trinajstić information content (AvgIpc) is 2.95. The first-order valence-corrected chi connectivity index (χ1v) is 11.1. The number of rotatable bonds is 3. The monoisotopic (exact) mass is 463 g/mol. The van der Waals surface area contributed by atoms with Crippen molar-refractivity contribution in [2.45, 2.75) is 18.7 Å². The van der Waals surface area contributed by atoms with Crippen LogP contribution in [0.3, 0.4) is 0 Å². The van der Waals surface area contributed by atoms with Gasteiger partial charge in [-0.05, 0) is 49.7 Å². The Kier molecular flexibility index (Phi) is 4.32. The lowest BCUT2D eigenvalue weighted by atomic mass is 10.2. The molecule has 2 aromatic heterocycles. The van der Waals surface area contributed by atoms with Crippen LogP contribution in [0.15, 0.2) is 56.6 Å². The maximum atomic E-state index is 13.1. The topological polar surface area (TPSA) is 80.5 Å². The molecule has 0 aliphatic heterocycles. The fourth-order valence-electron chi connectivity index (χ4n) is 2.92. The molecule has 27 heavy (non-hydrogen) atoms. The van der Waals surface area contributed by atoms with Gasteiger partial charge in [-0.25, -0.2) is 17.8 Å². The lowest BCUT2D eigenvalue weighted by Crippen LogP contribution is -2.27. The van der Waals surface area contributed by atoms with Crippen LogP contribution in [-0.2, 0) is 10.0 Å². The molecule has 0 aliphatic rings. The molecular weight excluding hydrogens is 450 g/mol. The molecule has 1 N–H and O–H groups in total. The highest BCUT2D eigenvalue weighted by Crippen LogP contribution is 2.26. The molecular formula is C18H14BrN3O3S2. The molecule has 0 fully saturated rings. The Balaban J connectivity index is 1.93. The van der Waals surface area contributed by atoms with Crippen molar-refractivity contribution in [3.05, 3.63) is 68.5 Å². The predicted molar refractivity (Wildman–Crippen MR) is 111 cm³/mol. The van der Waals surface area contributed by atoms with Crippen molar-refractivity contribution in [1.82, 2.24) is 9.38 Å². The molecule has 0 saturated carbocycles. The van der Waals surface area contributed by atoms with E-state index < -0.39 is 15.6 Å². The number of nitrogens with one attached hydrogen (secondary N) is 1.